The van der Waals surface area contributed by atoms with Crippen LogP contribution in [0.2, 0.25) is 5.15 Å². The van der Waals surface area contributed by atoms with E-state index in [2.05, 4.69) is 9.97 Å². The Labute approximate surface area is 129 Å². The molecule has 7 nitrogen and oxygen atoms in total. The van der Waals surface area contributed by atoms with Crippen molar-refractivity contribution in [2.24, 2.45) is 0 Å². The molecule has 0 bridgehead atoms. The number of aromatic nitrogens is 2. The van der Waals surface area contributed by atoms with Crippen LogP contribution >= 0.6 is 11.6 Å². The summed E-state index contributed by atoms with van der Waals surface area (Å²) in [4.78, 5) is 23.9. The van der Waals surface area contributed by atoms with Crippen molar-refractivity contribution in [1.82, 2.24) is 14.9 Å². The van der Waals surface area contributed by atoms with Crippen LogP contribution in [0.25, 0.3) is 0 Å². The average Bonchev–Trinajstić information content (AvgIpc) is 2.35. The number of carbonyl (C=O) groups excluding carboxylic acids is 1. The van der Waals surface area contributed by atoms with Gasteiger partial charge in [0.05, 0.1) is 0 Å². The molecule has 1 aliphatic rings. The Morgan fingerprint density at radius 2 is 1.90 bits per heavy atom. The van der Waals surface area contributed by atoms with Crippen LogP contribution in [0.15, 0.2) is 6.07 Å². The van der Waals surface area contributed by atoms with Gasteiger partial charge in [-0.3, -0.25) is 0 Å². The van der Waals surface area contributed by atoms with E-state index < -0.39 is 5.60 Å². The lowest BCUT2D eigenvalue weighted by Gasteiger charge is -2.35. The molecule has 1 fully saturated rings. The predicted molar refractivity (Wildman–Crippen MR) is 81.5 cm³/mol. The number of nitrogens with zero attached hydrogens (tertiary/aromatic N) is 4. The molecular formula is C13H20ClN5O2. The second-order valence-corrected chi connectivity index (χ2v) is 6.26. The van der Waals surface area contributed by atoms with E-state index in [0.29, 0.717) is 43.1 Å². The van der Waals surface area contributed by atoms with Crippen molar-refractivity contribution >= 4 is 29.5 Å². The Balaban J connectivity index is 1.95. The van der Waals surface area contributed by atoms with Gasteiger partial charge < -0.3 is 20.3 Å². The second kappa shape index (κ2) is 5.93. The maximum Gasteiger partial charge on any atom is 0.410 e. The molecule has 0 spiro atoms. The third-order valence-electron chi connectivity index (χ3n) is 2.92. The van der Waals surface area contributed by atoms with Crippen LogP contribution in [0.3, 0.4) is 0 Å². The number of rotatable bonds is 1. The standard InChI is InChI=1S/C13H20ClN5O2/c1-13(2,3)21-12(20)19-6-4-18(5-7-19)11-16-9(14)8-10(15)17-11/h8H,4-7H2,1-3H3,(H2,15,16,17). The highest BCUT2D eigenvalue weighted by Crippen LogP contribution is 2.18. The third-order valence-corrected chi connectivity index (χ3v) is 3.11. The number of amides is 1. The van der Waals surface area contributed by atoms with Crippen LogP contribution < -0.4 is 10.6 Å². The molecule has 1 amide bonds. The minimum absolute atomic E-state index is 0.298. The lowest BCUT2D eigenvalue weighted by Crippen LogP contribution is -2.50. The summed E-state index contributed by atoms with van der Waals surface area (Å²) < 4.78 is 5.35. The largest absolute Gasteiger partial charge is 0.444 e. The first-order valence-electron chi connectivity index (χ1n) is 6.77. The molecule has 1 aromatic rings. The maximum absolute atomic E-state index is 12.0. The fraction of sp³-hybridized carbons (Fsp3) is 0.615. The fourth-order valence-electron chi connectivity index (χ4n) is 1.98. The topological polar surface area (TPSA) is 84.6 Å². The summed E-state index contributed by atoms with van der Waals surface area (Å²) in [6.07, 6.45) is -0.298. The van der Waals surface area contributed by atoms with Gasteiger partial charge >= 0.3 is 6.09 Å². The van der Waals surface area contributed by atoms with Gasteiger partial charge in [-0.2, -0.15) is 4.98 Å². The van der Waals surface area contributed by atoms with Gasteiger partial charge in [0.25, 0.3) is 0 Å². The Morgan fingerprint density at radius 3 is 2.43 bits per heavy atom. The Morgan fingerprint density at radius 1 is 1.29 bits per heavy atom. The van der Waals surface area contributed by atoms with Gasteiger partial charge in [-0.15, -0.1) is 0 Å². The van der Waals surface area contributed by atoms with Crippen molar-refractivity contribution in [3.63, 3.8) is 0 Å². The molecule has 0 radical (unpaired) electrons. The zero-order chi connectivity index (χ0) is 15.6. The van der Waals surface area contributed by atoms with E-state index in [4.69, 9.17) is 22.1 Å². The molecular weight excluding hydrogens is 294 g/mol. The predicted octanol–water partition coefficient (Wildman–Crippen LogP) is 1.77. The lowest BCUT2D eigenvalue weighted by atomic mass is 10.2. The van der Waals surface area contributed by atoms with Crippen LogP contribution in [0, 0.1) is 0 Å². The molecule has 8 heteroatoms. The van der Waals surface area contributed by atoms with Crippen molar-refractivity contribution in [3.05, 3.63) is 11.2 Å². The molecule has 0 aromatic carbocycles. The average molecular weight is 314 g/mol. The molecule has 116 valence electrons. The Bertz CT molecular complexity index is 504. The van der Waals surface area contributed by atoms with E-state index in [1.54, 1.807) is 4.90 Å². The molecule has 1 aliphatic heterocycles. The summed E-state index contributed by atoms with van der Waals surface area (Å²) in [5.74, 6) is 0.823. The van der Waals surface area contributed by atoms with Crippen LogP contribution in [0.1, 0.15) is 20.8 Å². The Hall–Kier alpha value is -1.76. The number of hydrogen-bond acceptors (Lipinski definition) is 6. The van der Waals surface area contributed by atoms with Gasteiger partial charge in [0, 0.05) is 32.2 Å². The van der Waals surface area contributed by atoms with Crippen molar-refractivity contribution in [2.75, 3.05) is 36.8 Å². The van der Waals surface area contributed by atoms with E-state index in [-0.39, 0.29) is 6.09 Å². The second-order valence-electron chi connectivity index (χ2n) is 5.87. The highest BCUT2D eigenvalue weighted by atomic mass is 35.5. The quantitative estimate of drug-likeness (QED) is 0.795. The van der Waals surface area contributed by atoms with Gasteiger partial charge in [0.15, 0.2) is 0 Å². The van der Waals surface area contributed by atoms with E-state index in [9.17, 15) is 4.79 Å². The fourth-order valence-corrected chi connectivity index (χ4v) is 2.17. The van der Waals surface area contributed by atoms with Crippen molar-refractivity contribution in [3.8, 4) is 0 Å². The first-order valence-corrected chi connectivity index (χ1v) is 7.15. The molecule has 2 N–H and O–H groups in total. The number of anilines is 2. The van der Waals surface area contributed by atoms with Gasteiger partial charge in [-0.05, 0) is 20.8 Å². The highest BCUT2D eigenvalue weighted by molar-refractivity contribution is 6.29. The summed E-state index contributed by atoms with van der Waals surface area (Å²) in [5.41, 5.74) is 5.18. The molecule has 0 unspecified atom stereocenters. The molecule has 21 heavy (non-hydrogen) atoms. The van der Waals surface area contributed by atoms with Crippen molar-refractivity contribution in [1.29, 1.82) is 0 Å². The molecule has 0 saturated carbocycles. The van der Waals surface area contributed by atoms with E-state index in [1.807, 2.05) is 25.7 Å². The SMILES string of the molecule is CC(C)(C)OC(=O)N1CCN(c2nc(N)cc(Cl)n2)CC1. The van der Waals surface area contributed by atoms with Gasteiger partial charge in [-0.25, -0.2) is 9.78 Å². The van der Waals surface area contributed by atoms with Gasteiger partial charge in [0.1, 0.15) is 16.6 Å². The molecule has 2 rings (SSSR count). The minimum Gasteiger partial charge on any atom is -0.444 e. The van der Waals surface area contributed by atoms with Gasteiger partial charge in [-0.1, -0.05) is 11.6 Å². The summed E-state index contributed by atoms with van der Waals surface area (Å²) in [5, 5.41) is 0.312. The van der Waals surface area contributed by atoms with E-state index in [1.165, 1.54) is 6.07 Å². The number of hydrogen-bond donors (Lipinski definition) is 1. The first kappa shape index (κ1) is 15.6. The number of halogens is 1. The zero-order valence-corrected chi connectivity index (χ0v) is 13.2. The molecule has 2 heterocycles. The van der Waals surface area contributed by atoms with Crippen molar-refractivity contribution in [2.45, 2.75) is 26.4 Å². The summed E-state index contributed by atoms with van der Waals surface area (Å²) >= 11 is 5.88. The van der Waals surface area contributed by atoms with Crippen LogP contribution in [-0.2, 0) is 4.74 Å². The number of carbonyl (C=O) groups is 1. The normalized spacial score (nSPS) is 16.0. The van der Waals surface area contributed by atoms with Crippen LogP contribution in [-0.4, -0.2) is 52.7 Å². The lowest BCUT2D eigenvalue weighted by molar-refractivity contribution is 0.0240. The zero-order valence-electron chi connectivity index (χ0n) is 12.5. The number of nitrogen functional groups attached to an aromatic ring is 1. The van der Waals surface area contributed by atoms with Crippen LogP contribution in [0.5, 0.6) is 0 Å². The summed E-state index contributed by atoms with van der Waals surface area (Å²) in [6.45, 7) is 7.87. The molecule has 0 aliphatic carbocycles. The first-order chi connectivity index (χ1) is 9.74. The number of ether oxygens (including phenoxy) is 1. The maximum atomic E-state index is 12.0. The monoisotopic (exact) mass is 313 g/mol. The smallest absolute Gasteiger partial charge is 0.410 e. The van der Waals surface area contributed by atoms with Crippen molar-refractivity contribution < 1.29 is 9.53 Å². The molecule has 1 saturated heterocycles. The number of piperazine rings is 1. The third kappa shape index (κ3) is 4.35. The summed E-state index contributed by atoms with van der Waals surface area (Å²) in [7, 11) is 0. The molecule has 0 atom stereocenters. The Kier molecular flexibility index (Phi) is 4.41. The van der Waals surface area contributed by atoms with E-state index in [0.717, 1.165) is 0 Å². The summed E-state index contributed by atoms with van der Waals surface area (Å²) in [6, 6.07) is 1.50. The van der Waals surface area contributed by atoms with Crippen LogP contribution in [0.4, 0.5) is 16.6 Å². The highest BCUT2D eigenvalue weighted by Gasteiger charge is 2.26. The number of nitrogens with two attached hydrogens (primary N) is 1. The minimum atomic E-state index is -0.487. The van der Waals surface area contributed by atoms with Gasteiger partial charge in [0.2, 0.25) is 5.95 Å². The molecule has 1 aromatic heterocycles. The van der Waals surface area contributed by atoms with E-state index >= 15 is 0 Å².